The zero-order chi connectivity index (χ0) is 21.8. The standard InChI is InChI=1S/C26H30N4O2/c1-28-20-7-5-15(31-3)13-18(20)17-9-12-30-23(22(17)28)24-26(10-11-27-24)19-14-16(32-4)6-8-21(19)29(2)25(26)30/h5-8,13-14,23-25,27H,9-12H2,1-4H3. The molecule has 5 heterocycles. The van der Waals surface area contributed by atoms with Gasteiger partial charge in [-0.2, -0.15) is 0 Å². The van der Waals surface area contributed by atoms with Gasteiger partial charge in [-0.1, -0.05) is 0 Å². The Labute approximate surface area is 188 Å². The molecule has 3 aromatic rings. The lowest BCUT2D eigenvalue weighted by Crippen LogP contribution is -2.50. The van der Waals surface area contributed by atoms with E-state index in [2.05, 4.69) is 70.2 Å². The number of nitrogens with zero attached hydrogens (tertiary/aromatic N) is 3. The van der Waals surface area contributed by atoms with Gasteiger partial charge in [0.05, 0.1) is 26.4 Å². The van der Waals surface area contributed by atoms with Gasteiger partial charge in [-0.25, -0.2) is 0 Å². The fourth-order valence-corrected chi connectivity index (χ4v) is 7.66. The van der Waals surface area contributed by atoms with Gasteiger partial charge in [0.15, 0.2) is 0 Å². The van der Waals surface area contributed by atoms with E-state index in [0.29, 0.717) is 18.2 Å². The maximum Gasteiger partial charge on any atom is 0.119 e. The molecule has 0 radical (unpaired) electrons. The van der Waals surface area contributed by atoms with E-state index >= 15 is 0 Å². The summed E-state index contributed by atoms with van der Waals surface area (Å²) in [5, 5.41) is 5.31. The highest BCUT2D eigenvalue weighted by Crippen LogP contribution is 2.62. The van der Waals surface area contributed by atoms with Gasteiger partial charge in [0.2, 0.25) is 0 Å². The largest absolute Gasteiger partial charge is 0.497 e. The summed E-state index contributed by atoms with van der Waals surface area (Å²) in [4.78, 5) is 5.31. The van der Waals surface area contributed by atoms with Crippen LogP contribution in [0.5, 0.6) is 11.5 Å². The van der Waals surface area contributed by atoms with E-state index in [4.69, 9.17) is 9.47 Å². The Bertz CT molecular complexity index is 1270. The highest BCUT2D eigenvalue weighted by Gasteiger charge is 2.68. The lowest BCUT2D eigenvalue weighted by molar-refractivity contribution is 0.155. The number of hydrogen-bond acceptors (Lipinski definition) is 5. The van der Waals surface area contributed by atoms with Crippen molar-refractivity contribution in [2.75, 3.05) is 39.3 Å². The monoisotopic (exact) mass is 430 g/mol. The molecule has 2 aromatic carbocycles. The first-order valence-electron chi connectivity index (χ1n) is 11.7. The zero-order valence-corrected chi connectivity index (χ0v) is 19.2. The SMILES string of the molecule is COc1ccc2c(c1)C13CCNC1C1c4c(c5cc(OC)ccc5n4C)CCN1C3N2C. The molecule has 166 valence electrons. The summed E-state index contributed by atoms with van der Waals surface area (Å²) in [6, 6.07) is 13.9. The molecule has 2 saturated heterocycles. The molecule has 0 aliphatic carbocycles. The van der Waals surface area contributed by atoms with E-state index < -0.39 is 0 Å². The van der Waals surface area contributed by atoms with Gasteiger partial charge < -0.3 is 24.3 Å². The quantitative estimate of drug-likeness (QED) is 0.676. The number of benzene rings is 2. The number of fused-ring (bicyclic) bond motifs is 8. The predicted octanol–water partition coefficient (Wildman–Crippen LogP) is 3.18. The van der Waals surface area contributed by atoms with Gasteiger partial charge >= 0.3 is 0 Å². The third-order valence-electron chi connectivity index (χ3n) is 8.82. The van der Waals surface area contributed by atoms with Crippen molar-refractivity contribution in [3.05, 3.63) is 53.2 Å². The van der Waals surface area contributed by atoms with Crippen molar-refractivity contribution >= 4 is 16.6 Å². The minimum atomic E-state index is 0.0824. The first kappa shape index (κ1) is 18.8. The van der Waals surface area contributed by atoms with Crippen molar-refractivity contribution in [2.45, 2.75) is 36.5 Å². The smallest absolute Gasteiger partial charge is 0.119 e. The Morgan fingerprint density at radius 3 is 2.62 bits per heavy atom. The van der Waals surface area contributed by atoms with Crippen LogP contribution in [-0.4, -0.2) is 56.0 Å². The van der Waals surface area contributed by atoms with Gasteiger partial charge in [0.25, 0.3) is 0 Å². The van der Waals surface area contributed by atoms with Crippen LogP contribution in [0, 0.1) is 0 Å². The van der Waals surface area contributed by atoms with Crippen LogP contribution in [0.4, 0.5) is 5.69 Å². The number of nitrogens with one attached hydrogen (secondary N) is 1. The second-order valence-electron chi connectivity index (χ2n) is 9.83. The summed E-state index contributed by atoms with van der Waals surface area (Å²) >= 11 is 0. The molecule has 0 bridgehead atoms. The summed E-state index contributed by atoms with van der Waals surface area (Å²) in [6.45, 7) is 2.14. The highest BCUT2D eigenvalue weighted by molar-refractivity contribution is 5.87. The molecule has 4 aliphatic heterocycles. The fraction of sp³-hybridized carbons (Fsp3) is 0.462. The van der Waals surface area contributed by atoms with Crippen LogP contribution in [0.15, 0.2) is 36.4 Å². The topological polar surface area (TPSA) is 41.9 Å². The van der Waals surface area contributed by atoms with Crippen LogP contribution < -0.4 is 19.7 Å². The number of likely N-dealkylation sites (N-methyl/N-ethyl adjacent to an activating group) is 1. The number of rotatable bonds is 2. The molecular formula is C26H30N4O2. The predicted molar refractivity (Wildman–Crippen MR) is 126 cm³/mol. The van der Waals surface area contributed by atoms with Crippen LogP contribution in [0.3, 0.4) is 0 Å². The van der Waals surface area contributed by atoms with E-state index in [0.717, 1.165) is 37.4 Å². The normalized spacial score (nSPS) is 30.1. The third kappa shape index (κ3) is 1.99. The maximum atomic E-state index is 5.66. The van der Waals surface area contributed by atoms with Crippen molar-refractivity contribution in [2.24, 2.45) is 7.05 Å². The van der Waals surface area contributed by atoms with Gasteiger partial charge in [0.1, 0.15) is 11.5 Å². The van der Waals surface area contributed by atoms with Crippen LogP contribution in [0.25, 0.3) is 10.9 Å². The van der Waals surface area contributed by atoms with E-state index in [-0.39, 0.29) is 5.41 Å². The van der Waals surface area contributed by atoms with Crippen molar-refractivity contribution in [1.29, 1.82) is 0 Å². The second-order valence-corrected chi connectivity index (χ2v) is 9.83. The first-order valence-corrected chi connectivity index (χ1v) is 11.7. The summed E-state index contributed by atoms with van der Waals surface area (Å²) in [5.74, 6) is 1.90. The molecule has 6 nitrogen and oxygen atoms in total. The lowest BCUT2D eigenvalue weighted by atomic mass is 9.74. The molecule has 4 atom stereocenters. The molecule has 1 N–H and O–H groups in total. The van der Waals surface area contributed by atoms with Crippen LogP contribution in [0.2, 0.25) is 0 Å². The third-order valence-corrected chi connectivity index (χ3v) is 8.82. The molecular weight excluding hydrogens is 400 g/mol. The van der Waals surface area contributed by atoms with Crippen LogP contribution in [0.1, 0.15) is 29.3 Å². The van der Waals surface area contributed by atoms with Gasteiger partial charge in [-0.3, -0.25) is 4.90 Å². The number of aryl methyl sites for hydroxylation is 1. The average molecular weight is 431 g/mol. The highest BCUT2D eigenvalue weighted by atomic mass is 16.5. The molecule has 2 fully saturated rings. The maximum absolute atomic E-state index is 5.66. The summed E-state index contributed by atoms with van der Waals surface area (Å²) in [7, 11) is 8.05. The van der Waals surface area contributed by atoms with Crippen molar-refractivity contribution in [3.8, 4) is 11.5 Å². The van der Waals surface area contributed by atoms with Crippen molar-refractivity contribution in [1.82, 2.24) is 14.8 Å². The van der Waals surface area contributed by atoms with E-state index in [1.807, 2.05) is 0 Å². The van der Waals surface area contributed by atoms with Crippen molar-refractivity contribution < 1.29 is 9.47 Å². The molecule has 0 amide bonds. The summed E-state index contributed by atoms with van der Waals surface area (Å²) < 4.78 is 13.7. The number of hydrogen-bond donors (Lipinski definition) is 1. The Kier molecular flexibility index (Phi) is 3.65. The second kappa shape index (κ2) is 6.21. The molecule has 7 rings (SSSR count). The summed E-state index contributed by atoms with van der Waals surface area (Å²) in [5.41, 5.74) is 7.17. The zero-order valence-electron chi connectivity index (χ0n) is 19.2. The molecule has 1 spiro atoms. The van der Waals surface area contributed by atoms with Gasteiger partial charge in [0, 0.05) is 54.4 Å². The van der Waals surface area contributed by atoms with Crippen LogP contribution in [-0.2, 0) is 18.9 Å². The van der Waals surface area contributed by atoms with E-state index in [9.17, 15) is 0 Å². The molecule has 4 aliphatic rings. The minimum absolute atomic E-state index is 0.0824. The minimum Gasteiger partial charge on any atom is -0.497 e. The Balaban J connectivity index is 1.45. The molecule has 0 saturated carbocycles. The Morgan fingerprint density at radius 1 is 1.03 bits per heavy atom. The lowest BCUT2D eigenvalue weighted by Gasteiger charge is -2.39. The first-order chi connectivity index (χ1) is 15.6. The van der Waals surface area contributed by atoms with E-state index in [1.165, 1.54) is 33.4 Å². The molecule has 32 heavy (non-hydrogen) atoms. The van der Waals surface area contributed by atoms with E-state index in [1.54, 1.807) is 14.2 Å². The molecule has 4 unspecified atom stereocenters. The van der Waals surface area contributed by atoms with Gasteiger partial charge in [-0.15, -0.1) is 0 Å². The summed E-state index contributed by atoms with van der Waals surface area (Å²) in [6.07, 6.45) is 2.60. The number of ether oxygens (including phenoxy) is 2. The molecule has 1 aromatic heterocycles. The van der Waals surface area contributed by atoms with Gasteiger partial charge in [-0.05, 0) is 66.9 Å². The van der Waals surface area contributed by atoms with Crippen LogP contribution >= 0.6 is 0 Å². The number of anilines is 1. The number of methoxy groups -OCH3 is 2. The Hall–Kier alpha value is -2.70. The van der Waals surface area contributed by atoms with Crippen molar-refractivity contribution in [3.63, 3.8) is 0 Å². The molecule has 6 heteroatoms. The average Bonchev–Trinajstić information content (AvgIpc) is 3.51. The fourth-order valence-electron chi connectivity index (χ4n) is 7.66. The Morgan fingerprint density at radius 2 is 1.81 bits per heavy atom. The number of aromatic nitrogens is 1.